The van der Waals surface area contributed by atoms with Gasteiger partial charge in [0, 0.05) is 17.8 Å². The summed E-state index contributed by atoms with van der Waals surface area (Å²) < 4.78 is 42.0. The quantitative estimate of drug-likeness (QED) is 0.310. The Morgan fingerprint density at radius 2 is 1.52 bits per heavy atom. The fourth-order valence-electron chi connectivity index (χ4n) is 3.27. The second-order valence-electron chi connectivity index (χ2n) is 6.99. The Morgan fingerprint density at radius 1 is 0.909 bits per heavy atom. The van der Waals surface area contributed by atoms with E-state index in [0.717, 1.165) is 41.6 Å². The molecule has 0 bridgehead atoms. The van der Waals surface area contributed by atoms with E-state index in [2.05, 4.69) is 10.4 Å². The van der Waals surface area contributed by atoms with Crippen LogP contribution in [0.25, 0.3) is 16.8 Å². The van der Waals surface area contributed by atoms with Gasteiger partial charge in [-0.15, -0.1) is 0 Å². The van der Waals surface area contributed by atoms with Gasteiger partial charge < -0.3 is 5.32 Å². The molecule has 10 heteroatoms. The van der Waals surface area contributed by atoms with E-state index in [-0.39, 0.29) is 11.4 Å². The zero-order valence-electron chi connectivity index (χ0n) is 16.8. The molecule has 4 rings (SSSR count). The third kappa shape index (κ3) is 4.59. The average molecular weight is 452 g/mol. The van der Waals surface area contributed by atoms with Crippen molar-refractivity contribution in [3.63, 3.8) is 0 Å². The molecular formula is C23H15F3N4O3. The second kappa shape index (κ2) is 8.58. The molecule has 4 aromatic rings. The lowest BCUT2D eigenvalue weighted by atomic mass is 10.1. The van der Waals surface area contributed by atoms with Crippen LogP contribution in [-0.4, -0.2) is 20.6 Å². The molecule has 166 valence electrons. The number of hydrogen-bond acceptors (Lipinski definition) is 4. The van der Waals surface area contributed by atoms with E-state index >= 15 is 0 Å². The number of aromatic nitrogens is 2. The predicted octanol–water partition coefficient (Wildman–Crippen LogP) is 5.72. The molecule has 0 aliphatic carbocycles. The monoisotopic (exact) mass is 452 g/mol. The van der Waals surface area contributed by atoms with Crippen LogP contribution in [0.15, 0.2) is 85.1 Å². The van der Waals surface area contributed by atoms with Gasteiger partial charge in [-0.3, -0.25) is 14.9 Å². The number of benzene rings is 3. The van der Waals surface area contributed by atoms with Crippen molar-refractivity contribution in [1.82, 2.24) is 9.78 Å². The van der Waals surface area contributed by atoms with E-state index in [4.69, 9.17) is 0 Å². The number of nitrogens with one attached hydrogen (secondary N) is 1. The smallest absolute Gasteiger partial charge is 0.322 e. The molecule has 3 aromatic carbocycles. The van der Waals surface area contributed by atoms with Crippen molar-refractivity contribution in [3.8, 4) is 16.8 Å². The van der Waals surface area contributed by atoms with Crippen LogP contribution in [0.3, 0.4) is 0 Å². The van der Waals surface area contributed by atoms with Gasteiger partial charge in [0.2, 0.25) is 0 Å². The van der Waals surface area contributed by atoms with Crippen LogP contribution in [0.2, 0.25) is 0 Å². The van der Waals surface area contributed by atoms with E-state index in [1.54, 1.807) is 24.3 Å². The normalized spacial score (nSPS) is 11.2. The molecule has 1 amide bonds. The molecular weight excluding hydrogens is 437 g/mol. The molecule has 0 saturated heterocycles. The number of rotatable bonds is 5. The maximum Gasteiger partial charge on any atom is 0.434 e. The molecule has 33 heavy (non-hydrogen) atoms. The molecule has 0 saturated carbocycles. The molecule has 0 fully saturated rings. The van der Waals surface area contributed by atoms with Gasteiger partial charge in [0.15, 0.2) is 5.69 Å². The maximum absolute atomic E-state index is 13.8. The summed E-state index contributed by atoms with van der Waals surface area (Å²) >= 11 is 0. The Morgan fingerprint density at radius 3 is 2.09 bits per heavy atom. The van der Waals surface area contributed by atoms with Gasteiger partial charge in [-0.2, -0.15) is 18.3 Å². The van der Waals surface area contributed by atoms with Gasteiger partial charge in [0.05, 0.1) is 22.4 Å². The van der Waals surface area contributed by atoms with E-state index in [0.29, 0.717) is 10.4 Å². The highest BCUT2D eigenvalue weighted by molar-refractivity contribution is 6.05. The topological polar surface area (TPSA) is 90.1 Å². The Labute approximate surface area is 185 Å². The molecule has 1 heterocycles. The lowest BCUT2D eigenvalue weighted by molar-refractivity contribution is -0.384. The van der Waals surface area contributed by atoms with Crippen LogP contribution in [0, 0.1) is 10.1 Å². The van der Waals surface area contributed by atoms with Crippen molar-refractivity contribution in [2.45, 2.75) is 6.18 Å². The van der Waals surface area contributed by atoms with E-state index < -0.39 is 28.3 Å². The summed E-state index contributed by atoms with van der Waals surface area (Å²) in [7, 11) is 0. The molecule has 0 unspecified atom stereocenters. The van der Waals surface area contributed by atoms with Crippen LogP contribution >= 0.6 is 0 Å². The zero-order valence-corrected chi connectivity index (χ0v) is 16.8. The number of anilines is 1. The minimum Gasteiger partial charge on any atom is -0.322 e. The standard InChI is InChI=1S/C23H15F3N4O3/c24-23(25,26)21-20(14-27-29(21)18-10-12-19(13-11-18)30(32)33)22(31)28-17-8-6-16(7-9-17)15-4-2-1-3-5-15/h1-14H,(H,28,31). The SMILES string of the molecule is O=C(Nc1ccc(-c2ccccc2)cc1)c1cnn(-c2ccc([N+](=O)[O-])cc2)c1C(F)(F)F. The summed E-state index contributed by atoms with van der Waals surface area (Å²) in [5, 5.41) is 17.0. The fraction of sp³-hybridized carbons (Fsp3) is 0.0435. The van der Waals surface area contributed by atoms with Gasteiger partial charge in [0.1, 0.15) is 0 Å². The number of amides is 1. The number of nitrogens with zero attached hydrogens (tertiary/aromatic N) is 3. The molecule has 1 aromatic heterocycles. The largest absolute Gasteiger partial charge is 0.434 e. The van der Waals surface area contributed by atoms with Crippen LogP contribution in [0.5, 0.6) is 0 Å². The van der Waals surface area contributed by atoms with Gasteiger partial charge in [-0.05, 0) is 35.4 Å². The third-order valence-electron chi connectivity index (χ3n) is 4.84. The summed E-state index contributed by atoms with van der Waals surface area (Å²) in [6.07, 6.45) is -4.08. The molecule has 1 N–H and O–H groups in total. The minimum absolute atomic E-state index is 0.0702. The van der Waals surface area contributed by atoms with Gasteiger partial charge in [0.25, 0.3) is 11.6 Å². The first-order valence-corrected chi connectivity index (χ1v) is 9.61. The number of carbonyl (C=O) groups excluding carboxylic acids is 1. The minimum atomic E-state index is -4.90. The van der Waals surface area contributed by atoms with Gasteiger partial charge in [-0.1, -0.05) is 42.5 Å². The van der Waals surface area contributed by atoms with Crippen molar-refractivity contribution in [3.05, 3.63) is 106 Å². The number of hydrogen-bond donors (Lipinski definition) is 1. The maximum atomic E-state index is 13.8. The second-order valence-corrected chi connectivity index (χ2v) is 6.99. The first-order valence-electron chi connectivity index (χ1n) is 9.61. The highest BCUT2D eigenvalue weighted by Gasteiger charge is 2.40. The van der Waals surface area contributed by atoms with Crippen molar-refractivity contribution in [2.24, 2.45) is 0 Å². The molecule has 0 spiro atoms. The Kier molecular flexibility index (Phi) is 5.65. The molecule has 7 nitrogen and oxygen atoms in total. The summed E-state index contributed by atoms with van der Waals surface area (Å²) in [6, 6.07) is 20.5. The van der Waals surface area contributed by atoms with Crippen molar-refractivity contribution < 1.29 is 22.9 Å². The van der Waals surface area contributed by atoms with Crippen molar-refractivity contribution in [1.29, 1.82) is 0 Å². The Balaban J connectivity index is 1.62. The van der Waals surface area contributed by atoms with E-state index in [1.807, 2.05) is 30.3 Å². The lowest BCUT2D eigenvalue weighted by Gasteiger charge is -2.13. The van der Waals surface area contributed by atoms with Crippen molar-refractivity contribution >= 4 is 17.3 Å². The summed E-state index contributed by atoms with van der Waals surface area (Å²) in [5.74, 6) is -0.983. The first-order chi connectivity index (χ1) is 15.7. The molecule has 0 atom stereocenters. The van der Waals surface area contributed by atoms with Crippen LogP contribution in [0.1, 0.15) is 16.1 Å². The number of halogens is 3. The first kappa shape index (κ1) is 21.8. The average Bonchev–Trinajstić information content (AvgIpc) is 3.26. The number of nitro groups is 1. The highest BCUT2D eigenvalue weighted by atomic mass is 19.4. The Bertz CT molecular complexity index is 1300. The highest BCUT2D eigenvalue weighted by Crippen LogP contribution is 2.34. The summed E-state index contributed by atoms with van der Waals surface area (Å²) in [6.45, 7) is 0. The zero-order chi connectivity index (χ0) is 23.6. The third-order valence-corrected chi connectivity index (χ3v) is 4.84. The van der Waals surface area contributed by atoms with Crippen LogP contribution in [-0.2, 0) is 6.18 Å². The molecule has 0 radical (unpaired) electrons. The van der Waals surface area contributed by atoms with E-state index in [9.17, 15) is 28.1 Å². The fourth-order valence-corrected chi connectivity index (χ4v) is 3.27. The number of non-ortho nitro benzene ring substituents is 1. The van der Waals surface area contributed by atoms with Crippen LogP contribution in [0.4, 0.5) is 24.5 Å². The predicted molar refractivity (Wildman–Crippen MR) is 115 cm³/mol. The summed E-state index contributed by atoms with van der Waals surface area (Å²) in [5.41, 5.74) is -0.149. The van der Waals surface area contributed by atoms with E-state index in [1.165, 1.54) is 0 Å². The molecule has 0 aliphatic heterocycles. The van der Waals surface area contributed by atoms with Gasteiger partial charge in [-0.25, -0.2) is 4.68 Å². The summed E-state index contributed by atoms with van der Waals surface area (Å²) in [4.78, 5) is 22.8. The Hall–Kier alpha value is -4.47. The number of carbonyl (C=O) groups is 1. The molecule has 0 aliphatic rings. The van der Waals surface area contributed by atoms with Gasteiger partial charge >= 0.3 is 6.18 Å². The van der Waals surface area contributed by atoms with Crippen molar-refractivity contribution in [2.75, 3.05) is 5.32 Å². The van der Waals surface area contributed by atoms with Crippen LogP contribution < -0.4 is 5.32 Å². The lowest BCUT2D eigenvalue weighted by Crippen LogP contribution is -2.20. The number of nitro benzene ring substituents is 1. The number of alkyl halides is 3.